The van der Waals surface area contributed by atoms with Crippen molar-refractivity contribution in [3.63, 3.8) is 0 Å². The van der Waals surface area contributed by atoms with Gasteiger partial charge in [0.05, 0.1) is 11.0 Å². The lowest BCUT2D eigenvalue weighted by atomic mass is 10.1. The van der Waals surface area contributed by atoms with Gasteiger partial charge in [-0.1, -0.05) is 49.0 Å². The molecule has 2 heterocycles. The molecule has 0 aliphatic carbocycles. The number of hydrogen-bond acceptors (Lipinski definition) is 5. The number of thioether (sulfide) groups is 1. The number of benzene rings is 1. The van der Waals surface area contributed by atoms with Crippen LogP contribution in [0.3, 0.4) is 0 Å². The Morgan fingerprint density at radius 2 is 2.00 bits per heavy atom. The number of rotatable bonds is 6. The molecule has 0 aliphatic rings. The van der Waals surface area contributed by atoms with Crippen LogP contribution in [0.5, 0.6) is 0 Å². The molecule has 1 atom stereocenters. The summed E-state index contributed by atoms with van der Waals surface area (Å²) in [5.41, 5.74) is 2.22. The predicted octanol–water partition coefficient (Wildman–Crippen LogP) is 3.93. The number of hydrogen-bond donors (Lipinski definition) is 1. The number of aryl methyl sites for hydroxylation is 1. The Balaban J connectivity index is 1.66. The van der Waals surface area contributed by atoms with Crippen molar-refractivity contribution in [3.05, 3.63) is 52.9 Å². The number of thiophene rings is 1. The second-order valence-electron chi connectivity index (χ2n) is 5.26. The van der Waals surface area contributed by atoms with E-state index < -0.39 is 6.10 Å². The topological polar surface area (TPSA) is 50.9 Å². The Bertz CT molecular complexity index is 751. The molecule has 1 unspecified atom stereocenters. The summed E-state index contributed by atoms with van der Waals surface area (Å²) in [4.78, 5) is 1.10. The normalized spacial score (nSPS) is 12.5. The molecular weight excluding hydrogens is 326 g/mol. The highest BCUT2D eigenvalue weighted by Gasteiger charge is 2.14. The quantitative estimate of drug-likeness (QED) is 0.688. The fourth-order valence-corrected chi connectivity index (χ4v) is 3.91. The third-order valence-electron chi connectivity index (χ3n) is 3.72. The van der Waals surface area contributed by atoms with E-state index in [0.717, 1.165) is 27.8 Å². The van der Waals surface area contributed by atoms with E-state index in [2.05, 4.69) is 29.3 Å². The Kier molecular flexibility index (Phi) is 5.15. The third-order valence-corrected chi connectivity index (χ3v) is 5.68. The van der Waals surface area contributed by atoms with Crippen LogP contribution in [-0.2, 0) is 13.5 Å². The van der Waals surface area contributed by atoms with Crippen molar-refractivity contribution in [2.45, 2.75) is 24.6 Å². The van der Waals surface area contributed by atoms with E-state index in [9.17, 15) is 5.11 Å². The van der Waals surface area contributed by atoms with Crippen molar-refractivity contribution in [3.8, 4) is 10.7 Å². The van der Waals surface area contributed by atoms with Gasteiger partial charge in [-0.05, 0) is 29.0 Å². The van der Waals surface area contributed by atoms with Crippen LogP contribution in [0.4, 0.5) is 0 Å². The molecule has 23 heavy (non-hydrogen) atoms. The standard InChI is InChI=1S/C17H19N3OS2/c1-3-12-6-8-13(9-7-12)14(21)11-23-17-19-18-16(20(17)2)15-5-4-10-22-15/h4-10,14,21H,3,11H2,1-2H3. The smallest absolute Gasteiger partial charge is 0.191 e. The van der Waals surface area contributed by atoms with E-state index in [4.69, 9.17) is 0 Å². The van der Waals surface area contributed by atoms with Crippen LogP contribution in [0, 0.1) is 0 Å². The predicted molar refractivity (Wildman–Crippen MR) is 95.8 cm³/mol. The van der Waals surface area contributed by atoms with Gasteiger partial charge in [-0.15, -0.1) is 21.5 Å². The average molecular weight is 345 g/mol. The summed E-state index contributed by atoms with van der Waals surface area (Å²) in [6.07, 6.45) is 0.503. The van der Waals surface area contributed by atoms with Gasteiger partial charge >= 0.3 is 0 Å². The SMILES string of the molecule is CCc1ccc(C(O)CSc2nnc(-c3cccs3)n2C)cc1. The van der Waals surface area contributed by atoms with E-state index in [0.29, 0.717) is 5.75 Å². The maximum atomic E-state index is 10.4. The second-order valence-corrected chi connectivity index (χ2v) is 7.20. The molecule has 0 spiro atoms. The number of aliphatic hydroxyl groups is 1. The maximum absolute atomic E-state index is 10.4. The molecule has 0 aliphatic heterocycles. The molecule has 0 radical (unpaired) electrons. The van der Waals surface area contributed by atoms with Crippen LogP contribution in [0.25, 0.3) is 10.7 Å². The molecule has 2 aromatic heterocycles. The first-order chi connectivity index (χ1) is 11.2. The molecule has 3 rings (SSSR count). The Morgan fingerprint density at radius 1 is 1.22 bits per heavy atom. The number of nitrogens with zero attached hydrogens (tertiary/aromatic N) is 3. The lowest BCUT2D eigenvalue weighted by Gasteiger charge is -2.11. The summed E-state index contributed by atoms with van der Waals surface area (Å²) >= 11 is 3.17. The van der Waals surface area contributed by atoms with Gasteiger partial charge in [0.15, 0.2) is 11.0 Å². The van der Waals surface area contributed by atoms with Gasteiger partial charge in [0.25, 0.3) is 0 Å². The Labute approximate surface area is 144 Å². The molecule has 1 aromatic carbocycles. The molecule has 0 fully saturated rings. The van der Waals surface area contributed by atoms with E-state index in [1.54, 1.807) is 11.3 Å². The summed E-state index contributed by atoms with van der Waals surface area (Å²) in [6.45, 7) is 2.13. The molecule has 6 heteroatoms. The highest BCUT2D eigenvalue weighted by Crippen LogP contribution is 2.28. The van der Waals surface area contributed by atoms with Gasteiger partial charge in [-0.25, -0.2) is 0 Å². The first-order valence-corrected chi connectivity index (χ1v) is 9.38. The van der Waals surface area contributed by atoms with Crippen LogP contribution in [0.1, 0.15) is 24.2 Å². The zero-order chi connectivity index (χ0) is 16.2. The molecule has 120 valence electrons. The molecule has 1 N–H and O–H groups in total. The van der Waals surface area contributed by atoms with E-state index >= 15 is 0 Å². The molecule has 4 nitrogen and oxygen atoms in total. The summed E-state index contributed by atoms with van der Waals surface area (Å²) < 4.78 is 1.98. The molecule has 3 aromatic rings. The lowest BCUT2D eigenvalue weighted by Crippen LogP contribution is -2.02. The van der Waals surface area contributed by atoms with Gasteiger partial charge in [0, 0.05) is 12.8 Å². The zero-order valence-electron chi connectivity index (χ0n) is 13.1. The van der Waals surface area contributed by atoms with Gasteiger partial charge in [-0.3, -0.25) is 0 Å². The minimum absolute atomic E-state index is 0.507. The van der Waals surface area contributed by atoms with Crippen molar-refractivity contribution >= 4 is 23.1 Å². The Morgan fingerprint density at radius 3 is 2.65 bits per heavy atom. The second kappa shape index (κ2) is 7.29. The molecular formula is C17H19N3OS2. The van der Waals surface area contributed by atoms with Crippen LogP contribution >= 0.6 is 23.1 Å². The van der Waals surface area contributed by atoms with Gasteiger partial charge in [0.2, 0.25) is 0 Å². The zero-order valence-corrected chi connectivity index (χ0v) is 14.8. The number of aromatic nitrogens is 3. The highest BCUT2D eigenvalue weighted by atomic mass is 32.2. The van der Waals surface area contributed by atoms with Gasteiger partial charge in [-0.2, -0.15) is 0 Å². The number of aliphatic hydroxyl groups excluding tert-OH is 1. The first-order valence-electron chi connectivity index (χ1n) is 7.52. The van der Waals surface area contributed by atoms with Crippen LogP contribution in [0.15, 0.2) is 46.9 Å². The maximum Gasteiger partial charge on any atom is 0.191 e. The molecule has 0 saturated heterocycles. The van der Waals surface area contributed by atoms with Crippen molar-refractivity contribution in [2.24, 2.45) is 7.05 Å². The van der Waals surface area contributed by atoms with Gasteiger partial charge in [0.1, 0.15) is 0 Å². The van der Waals surface area contributed by atoms with Crippen LogP contribution in [-0.4, -0.2) is 25.6 Å². The van der Waals surface area contributed by atoms with Crippen LogP contribution < -0.4 is 0 Å². The van der Waals surface area contributed by atoms with Gasteiger partial charge < -0.3 is 9.67 Å². The van der Waals surface area contributed by atoms with E-state index in [-0.39, 0.29) is 0 Å². The monoisotopic (exact) mass is 345 g/mol. The molecule has 0 bridgehead atoms. The fourth-order valence-electron chi connectivity index (χ4n) is 2.29. The summed E-state index contributed by atoms with van der Waals surface area (Å²) in [6, 6.07) is 12.2. The van der Waals surface area contributed by atoms with E-state index in [1.165, 1.54) is 17.3 Å². The highest BCUT2D eigenvalue weighted by molar-refractivity contribution is 7.99. The Hall–Kier alpha value is -1.63. The van der Waals surface area contributed by atoms with Crippen LogP contribution in [0.2, 0.25) is 0 Å². The van der Waals surface area contributed by atoms with Crippen molar-refractivity contribution in [1.29, 1.82) is 0 Å². The van der Waals surface area contributed by atoms with Crippen molar-refractivity contribution in [1.82, 2.24) is 14.8 Å². The minimum atomic E-state index is -0.507. The van der Waals surface area contributed by atoms with Crippen molar-refractivity contribution < 1.29 is 5.11 Å². The average Bonchev–Trinajstić information content (AvgIpc) is 3.22. The summed E-state index contributed by atoms with van der Waals surface area (Å²) in [7, 11) is 1.96. The molecule has 0 saturated carbocycles. The van der Waals surface area contributed by atoms with E-state index in [1.807, 2.05) is 41.3 Å². The summed E-state index contributed by atoms with van der Waals surface area (Å²) in [5.74, 6) is 1.42. The minimum Gasteiger partial charge on any atom is -0.388 e. The summed E-state index contributed by atoms with van der Waals surface area (Å²) in [5, 5.41) is 21.7. The third kappa shape index (κ3) is 3.65. The first kappa shape index (κ1) is 16.2. The molecule has 0 amide bonds. The fraction of sp³-hybridized carbons (Fsp3) is 0.294. The van der Waals surface area contributed by atoms with Crippen molar-refractivity contribution in [2.75, 3.05) is 5.75 Å². The lowest BCUT2D eigenvalue weighted by molar-refractivity contribution is 0.204. The largest absolute Gasteiger partial charge is 0.388 e.